The van der Waals surface area contributed by atoms with E-state index < -0.39 is 0 Å². The van der Waals surface area contributed by atoms with Gasteiger partial charge in [-0.3, -0.25) is 4.79 Å². The van der Waals surface area contributed by atoms with Crippen LogP contribution in [-0.2, 0) is 9.53 Å². The summed E-state index contributed by atoms with van der Waals surface area (Å²) >= 11 is 0. The molecule has 0 bridgehead atoms. The summed E-state index contributed by atoms with van der Waals surface area (Å²) in [6.45, 7) is 5.95. The molecule has 140 valence electrons. The monoisotopic (exact) mass is 370 g/mol. The normalized spacial score (nSPS) is 22.0. The highest BCUT2D eigenvalue weighted by atomic mass is 35.5. The van der Waals surface area contributed by atoms with E-state index in [-0.39, 0.29) is 30.5 Å². The standard InChI is InChI=1S/C18H26N2O4.ClH/c1-2-8-20(18(21)10-14-12-22-9-7-19-14)11-15-13-23-16-5-3-4-6-17(16)24-15;/h3-6,14-15,19H,2,7-13H2,1H3;1H. The average Bonchev–Trinajstić information content (AvgIpc) is 2.62. The maximum atomic E-state index is 12.7. The number of benzene rings is 1. The molecule has 7 heteroatoms. The minimum absolute atomic E-state index is 0. The SMILES string of the molecule is CCCN(CC1COc2ccccc2O1)C(=O)CC1COCCN1.Cl. The van der Waals surface area contributed by atoms with Gasteiger partial charge in [0.05, 0.1) is 19.8 Å². The fourth-order valence-electron chi connectivity index (χ4n) is 3.08. The number of hydrogen-bond donors (Lipinski definition) is 1. The highest BCUT2D eigenvalue weighted by Gasteiger charge is 2.26. The summed E-state index contributed by atoms with van der Waals surface area (Å²) in [4.78, 5) is 14.5. The number of nitrogens with one attached hydrogen (secondary N) is 1. The quantitative estimate of drug-likeness (QED) is 0.828. The molecular weight excluding hydrogens is 344 g/mol. The number of fused-ring (bicyclic) bond motifs is 1. The number of amides is 1. The number of carbonyl (C=O) groups is 1. The van der Waals surface area contributed by atoms with Crippen LogP contribution in [0.15, 0.2) is 24.3 Å². The van der Waals surface area contributed by atoms with Gasteiger partial charge < -0.3 is 24.4 Å². The van der Waals surface area contributed by atoms with E-state index in [0.717, 1.165) is 37.6 Å². The van der Waals surface area contributed by atoms with Gasteiger partial charge in [0.1, 0.15) is 6.61 Å². The molecular formula is C18H27ClN2O4. The molecule has 1 fully saturated rings. The number of rotatable bonds is 6. The molecule has 0 aliphatic carbocycles. The fraction of sp³-hybridized carbons (Fsp3) is 0.611. The zero-order valence-electron chi connectivity index (χ0n) is 14.6. The van der Waals surface area contributed by atoms with E-state index in [1.807, 2.05) is 29.2 Å². The van der Waals surface area contributed by atoms with Gasteiger partial charge >= 0.3 is 0 Å². The van der Waals surface area contributed by atoms with Gasteiger partial charge in [0.25, 0.3) is 0 Å². The Bertz CT molecular complexity index is 552. The zero-order chi connectivity index (χ0) is 16.8. The number of ether oxygens (including phenoxy) is 3. The molecule has 2 aliphatic rings. The first kappa shape index (κ1) is 19.8. The van der Waals surface area contributed by atoms with Crippen LogP contribution in [0.4, 0.5) is 0 Å². The Balaban J connectivity index is 0.00000225. The minimum Gasteiger partial charge on any atom is -0.486 e. The summed E-state index contributed by atoms with van der Waals surface area (Å²) in [6.07, 6.45) is 1.25. The largest absolute Gasteiger partial charge is 0.486 e. The third-order valence-corrected chi connectivity index (χ3v) is 4.26. The average molecular weight is 371 g/mol. The van der Waals surface area contributed by atoms with Crippen molar-refractivity contribution in [2.45, 2.75) is 31.9 Å². The van der Waals surface area contributed by atoms with Crippen molar-refractivity contribution in [3.05, 3.63) is 24.3 Å². The Hall–Kier alpha value is -1.50. The van der Waals surface area contributed by atoms with Crippen LogP contribution in [0.25, 0.3) is 0 Å². The third kappa shape index (κ3) is 5.49. The minimum atomic E-state index is -0.133. The second-order valence-electron chi connectivity index (χ2n) is 6.27. The number of carbonyl (C=O) groups excluding carboxylic acids is 1. The lowest BCUT2D eigenvalue weighted by molar-refractivity contribution is -0.134. The maximum absolute atomic E-state index is 12.7. The van der Waals surface area contributed by atoms with Gasteiger partial charge in [0, 0.05) is 25.6 Å². The number of hydrogen-bond acceptors (Lipinski definition) is 5. The predicted molar refractivity (Wildman–Crippen MR) is 97.7 cm³/mol. The first-order chi connectivity index (χ1) is 11.8. The number of halogens is 1. The molecule has 1 amide bonds. The molecule has 0 saturated carbocycles. The summed E-state index contributed by atoms with van der Waals surface area (Å²) in [5, 5.41) is 3.34. The molecule has 3 rings (SSSR count). The van der Waals surface area contributed by atoms with Crippen molar-refractivity contribution in [2.24, 2.45) is 0 Å². The van der Waals surface area contributed by atoms with Crippen molar-refractivity contribution >= 4 is 18.3 Å². The van der Waals surface area contributed by atoms with Crippen LogP contribution in [0.1, 0.15) is 19.8 Å². The van der Waals surface area contributed by atoms with E-state index >= 15 is 0 Å². The lowest BCUT2D eigenvalue weighted by Gasteiger charge is -2.32. The Morgan fingerprint density at radius 1 is 1.28 bits per heavy atom. The van der Waals surface area contributed by atoms with Gasteiger partial charge in [-0.2, -0.15) is 0 Å². The van der Waals surface area contributed by atoms with Crippen LogP contribution in [0.2, 0.25) is 0 Å². The molecule has 25 heavy (non-hydrogen) atoms. The predicted octanol–water partition coefficient (Wildman–Crippen LogP) is 1.87. The van der Waals surface area contributed by atoms with Crippen molar-refractivity contribution in [2.75, 3.05) is 39.5 Å². The van der Waals surface area contributed by atoms with Crippen LogP contribution in [0, 0.1) is 0 Å². The van der Waals surface area contributed by atoms with E-state index in [2.05, 4.69) is 12.2 Å². The van der Waals surface area contributed by atoms with Gasteiger partial charge in [-0.05, 0) is 18.6 Å². The first-order valence-electron chi connectivity index (χ1n) is 8.73. The Kier molecular flexibility index (Phi) is 7.81. The fourth-order valence-corrected chi connectivity index (χ4v) is 3.08. The van der Waals surface area contributed by atoms with Crippen molar-refractivity contribution in [1.82, 2.24) is 10.2 Å². The van der Waals surface area contributed by atoms with Crippen molar-refractivity contribution in [1.29, 1.82) is 0 Å². The molecule has 2 atom stereocenters. The van der Waals surface area contributed by atoms with Crippen molar-refractivity contribution < 1.29 is 19.0 Å². The second-order valence-corrected chi connectivity index (χ2v) is 6.27. The topological polar surface area (TPSA) is 60.0 Å². The molecule has 1 aromatic rings. The van der Waals surface area contributed by atoms with Gasteiger partial charge in [0.15, 0.2) is 17.6 Å². The van der Waals surface area contributed by atoms with Crippen molar-refractivity contribution in [3.8, 4) is 11.5 Å². The van der Waals surface area contributed by atoms with E-state index in [1.165, 1.54) is 0 Å². The molecule has 1 saturated heterocycles. The Morgan fingerprint density at radius 2 is 2.08 bits per heavy atom. The molecule has 0 radical (unpaired) electrons. The van der Waals surface area contributed by atoms with Crippen LogP contribution in [0.3, 0.4) is 0 Å². The van der Waals surface area contributed by atoms with E-state index in [4.69, 9.17) is 14.2 Å². The molecule has 0 spiro atoms. The number of morpholine rings is 1. The number of nitrogens with zero attached hydrogens (tertiary/aromatic N) is 1. The van der Waals surface area contributed by atoms with E-state index in [9.17, 15) is 4.79 Å². The summed E-state index contributed by atoms with van der Waals surface area (Å²) < 4.78 is 17.2. The summed E-state index contributed by atoms with van der Waals surface area (Å²) in [7, 11) is 0. The lowest BCUT2D eigenvalue weighted by Crippen LogP contribution is -2.48. The van der Waals surface area contributed by atoms with Gasteiger partial charge in [-0.25, -0.2) is 0 Å². The molecule has 0 aromatic heterocycles. The summed E-state index contributed by atoms with van der Waals surface area (Å²) in [6, 6.07) is 7.75. The zero-order valence-corrected chi connectivity index (χ0v) is 15.4. The summed E-state index contributed by atoms with van der Waals surface area (Å²) in [5.41, 5.74) is 0. The molecule has 2 aliphatic heterocycles. The van der Waals surface area contributed by atoms with Crippen LogP contribution in [-0.4, -0.2) is 62.4 Å². The molecule has 1 aromatic carbocycles. The molecule has 2 unspecified atom stereocenters. The molecule has 6 nitrogen and oxygen atoms in total. The van der Waals surface area contributed by atoms with Gasteiger partial charge in [-0.1, -0.05) is 19.1 Å². The van der Waals surface area contributed by atoms with Crippen LogP contribution >= 0.6 is 12.4 Å². The third-order valence-electron chi connectivity index (χ3n) is 4.26. The van der Waals surface area contributed by atoms with Gasteiger partial charge in [-0.15, -0.1) is 12.4 Å². The van der Waals surface area contributed by atoms with Crippen molar-refractivity contribution in [3.63, 3.8) is 0 Å². The first-order valence-corrected chi connectivity index (χ1v) is 8.73. The van der Waals surface area contributed by atoms with E-state index in [0.29, 0.717) is 26.2 Å². The molecule has 2 heterocycles. The van der Waals surface area contributed by atoms with Gasteiger partial charge in [0.2, 0.25) is 5.91 Å². The van der Waals surface area contributed by atoms with E-state index in [1.54, 1.807) is 0 Å². The second kappa shape index (κ2) is 9.85. The highest BCUT2D eigenvalue weighted by Crippen LogP contribution is 2.31. The lowest BCUT2D eigenvalue weighted by atomic mass is 10.1. The smallest absolute Gasteiger partial charge is 0.224 e. The molecule has 1 N–H and O–H groups in total. The number of para-hydroxylation sites is 2. The maximum Gasteiger partial charge on any atom is 0.224 e. The Labute approximate surface area is 155 Å². The van der Waals surface area contributed by atoms with Crippen LogP contribution in [0.5, 0.6) is 11.5 Å². The highest BCUT2D eigenvalue weighted by molar-refractivity contribution is 5.85. The Morgan fingerprint density at radius 3 is 2.80 bits per heavy atom. The van der Waals surface area contributed by atoms with Crippen LogP contribution < -0.4 is 14.8 Å². The summed E-state index contributed by atoms with van der Waals surface area (Å²) in [5.74, 6) is 1.66.